The Labute approximate surface area is 187 Å². The quantitative estimate of drug-likeness (QED) is 0.276. The smallest absolute Gasteiger partial charge is 0.396 e. The summed E-state index contributed by atoms with van der Waals surface area (Å²) < 4.78 is 51.5. The summed E-state index contributed by atoms with van der Waals surface area (Å²) in [6.45, 7) is 7.73. The first-order chi connectivity index (χ1) is 15.1. The molecule has 0 saturated carbocycles. The van der Waals surface area contributed by atoms with Crippen LogP contribution in [0.2, 0.25) is 25.7 Å². The first-order valence-corrected chi connectivity index (χ1v) is 14.2. The first kappa shape index (κ1) is 24.0. The fourth-order valence-electron chi connectivity index (χ4n) is 2.92. The maximum Gasteiger partial charge on any atom is 0.396 e. The van der Waals surface area contributed by atoms with Crippen molar-refractivity contribution in [2.75, 3.05) is 6.61 Å². The summed E-state index contributed by atoms with van der Waals surface area (Å²) >= 11 is 0. The average molecular weight is 464 g/mol. The standard InChI is InChI=1S/C23H28F3N3O2Si/c1-32(2,3)14-13-30-17-29-22(27-21(28-29)15-23(24,25)26)19-9-11-20(12-10-19)31-16-18-7-5-4-6-8-18/h4-12H,13-17H2,1-3H3. The zero-order valence-corrected chi connectivity index (χ0v) is 19.5. The lowest BCUT2D eigenvalue weighted by Crippen LogP contribution is -2.22. The van der Waals surface area contributed by atoms with E-state index in [0.717, 1.165) is 11.6 Å². The van der Waals surface area contributed by atoms with Gasteiger partial charge in [-0.25, -0.2) is 9.67 Å². The fraction of sp³-hybridized carbons (Fsp3) is 0.391. The third-order valence-electron chi connectivity index (χ3n) is 4.64. The van der Waals surface area contributed by atoms with Gasteiger partial charge in [-0.15, -0.1) is 0 Å². The van der Waals surface area contributed by atoms with Crippen molar-refractivity contribution in [3.63, 3.8) is 0 Å². The van der Waals surface area contributed by atoms with E-state index in [1.165, 1.54) is 4.68 Å². The van der Waals surface area contributed by atoms with Crippen LogP contribution in [-0.2, 0) is 24.5 Å². The molecule has 1 aromatic heterocycles. The highest BCUT2D eigenvalue weighted by Crippen LogP contribution is 2.25. The number of ether oxygens (including phenoxy) is 2. The number of aromatic nitrogens is 3. The predicted molar refractivity (Wildman–Crippen MR) is 120 cm³/mol. The minimum Gasteiger partial charge on any atom is -0.489 e. The Morgan fingerprint density at radius 2 is 1.66 bits per heavy atom. The van der Waals surface area contributed by atoms with E-state index in [-0.39, 0.29) is 12.6 Å². The minimum atomic E-state index is -4.38. The first-order valence-electron chi connectivity index (χ1n) is 10.4. The van der Waals surface area contributed by atoms with Crippen LogP contribution in [0.5, 0.6) is 5.75 Å². The Balaban J connectivity index is 1.72. The molecular weight excluding hydrogens is 435 g/mol. The van der Waals surface area contributed by atoms with Crippen molar-refractivity contribution < 1.29 is 22.6 Å². The van der Waals surface area contributed by atoms with Crippen LogP contribution in [0.25, 0.3) is 11.4 Å². The molecule has 0 N–H and O–H groups in total. The molecule has 0 bridgehead atoms. The topological polar surface area (TPSA) is 49.2 Å². The number of rotatable bonds is 10. The van der Waals surface area contributed by atoms with Gasteiger partial charge in [0, 0.05) is 20.2 Å². The molecule has 3 aromatic rings. The van der Waals surface area contributed by atoms with Gasteiger partial charge < -0.3 is 9.47 Å². The highest BCUT2D eigenvalue weighted by Gasteiger charge is 2.31. The third-order valence-corrected chi connectivity index (χ3v) is 6.35. The van der Waals surface area contributed by atoms with Crippen LogP contribution in [0, 0.1) is 0 Å². The molecular formula is C23H28F3N3O2Si. The van der Waals surface area contributed by atoms with Gasteiger partial charge in [0.2, 0.25) is 0 Å². The molecule has 0 aliphatic rings. The molecule has 0 unspecified atom stereocenters. The van der Waals surface area contributed by atoms with E-state index in [2.05, 4.69) is 29.7 Å². The van der Waals surface area contributed by atoms with E-state index < -0.39 is 20.7 Å². The average Bonchev–Trinajstić information content (AvgIpc) is 3.11. The zero-order valence-electron chi connectivity index (χ0n) is 18.5. The lowest BCUT2D eigenvalue weighted by molar-refractivity contribution is -0.128. The van der Waals surface area contributed by atoms with Crippen molar-refractivity contribution in [1.29, 1.82) is 0 Å². The van der Waals surface area contributed by atoms with Crippen LogP contribution < -0.4 is 4.74 Å². The van der Waals surface area contributed by atoms with Crippen molar-refractivity contribution in [3.05, 3.63) is 66.0 Å². The van der Waals surface area contributed by atoms with Crippen LogP contribution in [0.1, 0.15) is 11.4 Å². The summed E-state index contributed by atoms with van der Waals surface area (Å²) in [5.74, 6) is 0.725. The van der Waals surface area contributed by atoms with E-state index in [0.29, 0.717) is 30.4 Å². The van der Waals surface area contributed by atoms with Gasteiger partial charge in [-0.3, -0.25) is 0 Å². The zero-order chi connectivity index (χ0) is 23.2. The second-order valence-electron chi connectivity index (χ2n) is 8.79. The molecule has 172 valence electrons. The molecule has 0 aliphatic heterocycles. The molecule has 9 heteroatoms. The Morgan fingerprint density at radius 3 is 2.28 bits per heavy atom. The van der Waals surface area contributed by atoms with Gasteiger partial charge in [-0.1, -0.05) is 50.0 Å². The van der Waals surface area contributed by atoms with Crippen LogP contribution in [0.3, 0.4) is 0 Å². The molecule has 0 fully saturated rings. The largest absolute Gasteiger partial charge is 0.489 e. The van der Waals surface area contributed by atoms with Gasteiger partial charge in [0.05, 0.1) is 0 Å². The van der Waals surface area contributed by atoms with Crippen LogP contribution >= 0.6 is 0 Å². The Bertz CT molecular complexity index is 984. The summed E-state index contributed by atoms with van der Waals surface area (Å²) in [6.07, 6.45) is -5.56. The highest BCUT2D eigenvalue weighted by atomic mass is 28.3. The summed E-state index contributed by atoms with van der Waals surface area (Å²) in [6, 6.07) is 17.8. The predicted octanol–water partition coefficient (Wildman–Crippen LogP) is 5.94. The van der Waals surface area contributed by atoms with Gasteiger partial charge in [-0.05, 0) is 35.9 Å². The molecule has 3 rings (SSSR count). The fourth-order valence-corrected chi connectivity index (χ4v) is 3.67. The number of hydrogen-bond donors (Lipinski definition) is 0. The SMILES string of the molecule is C[Si](C)(C)CCOCn1nc(CC(F)(F)F)nc1-c1ccc(OCc2ccccc2)cc1. The van der Waals surface area contributed by atoms with E-state index in [9.17, 15) is 13.2 Å². The number of nitrogens with zero attached hydrogens (tertiary/aromatic N) is 3. The molecule has 5 nitrogen and oxygen atoms in total. The molecule has 0 atom stereocenters. The van der Waals surface area contributed by atoms with Crippen molar-refractivity contribution in [2.24, 2.45) is 0 Å². The van der Waals surface area contributed by atoms with Crippen LogP contribution in [-0.4, -0.2) is 35.6 Å². The lowest BCUT2D eigenvalue weighted by atomic mass is 10.2. The van der Waals surface area contributed by atoms with Gasteiger partial charge in [0.15, 0.2) is 11.6 Å². The number of benzene rings is 2. The molecule has 0 radical (unpaired) electrons. The molecule has 0 amide bonds. The molecule has 1 heterocycles. The van der Waals surface area contributed by atoms with Crippen molar-refractivity contribution in [2.45, 2.75) is 51.6 Å². The Kier molecular flexibility index (Phi) is 7.73. The van der Waals surface area contributed by atoms with E-state index in [1.54, 1.807) is 24.3 Å². The van der Waals surface area contributed by atoms with Crippen molar-refractivity contribution in [1.82, 2.24) is 14.8 Å². The monoisotopic (exact) mass is 463 g/mol. The molecule has 0 aliphatic carbocycles. The lowest BCUT2D eigenvalue weighted by Gasteiger charge is -2.15. The van der Waals surface area contributed by atoms with Gasteiger partial charge >= 0.3 is 6.18 Å². The Hall–Kier alpha value is -2.65. The Morgan fingerprint density at radius 1 is 0.969 bits per heavy atom. The van der Waals surface area contributed by atoms with Gasteiger partial charge in [-0.2, -0.15) is 18.3 Å². The summed E-state index contributed by atoms with van der Waals surface area (Å²) in [4.78, 5) is 4.14. The van der Waals surface area contributed by atoms with Gasteiger partial charge in [0.1, 0.15) is 25.5 Å². The molecule has 2 aromatic carbocycles. The summed E-state index contributed by atoms with van der Waals surface area (Å²) in [5.41, 5.74) is 1.69. The van der Waals surface area contributed by atoms with Crippen molar-refractivity contribution >= 4 is 8.07 Å². The number of halogens is 3. The van der Waals surface area contributed by atoms with Gasteiger partial charge in [0.25, 0.3) is 0 Å². The molecule has 32 heavy (non-hydrogen) atoms. The maximum atomic E-state index is 12.9. The van der Waals surface area contributed by atoms with E-state index >= 15 is 0 Å². The van der Waals surface area contributed by atoms with E-state index in [4.69, 9.17) is 9.47 Å². The normalized spacial score (nSPS) is 12.2. The third kappa shape index (κ3) is 7.80. The molecule has 0 saturated heterocycles. The second-order valence-corrected chi connectivity index (χ2v) is 14.4. The number of alkyl halides is 3. The molecule has 0 spiro atoms. The maximum absolute atomic E-state index is 12.9. The van der Waals surface area contributed by atoms with E-state index in [1.807, 2.05) is 30.3 Å². The minimum absolute atomic E-state index is 0.0525. The number of hydrogen-bond acceptors (Lipinski definition) is 4. The van der Waals surface area contributed by atoms with Crippen LogP contribution in [0.15, 0.2) is 54.6 Å². The van der Waals surface area contributed by atoms with Crippen LogP contribution in [0.4, 0.5) is 13.2 Å². The summed E-state index contributed by atoms with van der Waals surface area (Å²) in [7, 11) is -1.27. The van der Waals surface area contributed by atoms with Crippen molar-refractivity contribution in [3.8, 4) is 17.1 Å². The summed E-state index contributed by atoms with van der Waals surface area (Å²) in [5, 5.41) is 4.05. The second kappa shape index (κ2) is 10.3. The highest BCUT2D eigenvalue weighted by molar-refractivity contribution is 6.76.